The van der Waals surface area contributed by atoms with Gasteiger partial charge in [-0.2, -0.15) is 0 Å². The maximum absolute atomic E-state index is 12.6. The smallest absolute Gasteiger partial charge is 0.225 e. The van der Waals surface area contributed by atoms with Crippen molar-refractivity contribution in [2.75, 3.05) is 13.7 Å². The van der Waals surface area contributed by atoms with Crippen LogP contribution >= 0.6 is 0 Å². The van der Waals surface area contributed by atoms with Crippen LogP contribution in [0.2, 0.25) is 0 Å². The summed E-state index contributed by atoms with van der Waals surface area (Å²) in [6, 6.07) is 0. The molecule has 0 spiro atoms. The molecular weight excluding hydrogens is 292 g/mol. The van der Waals surface area contributed by atoms with E-state index >= 15 is 0 Å². The molecule has 1 unspecified atom stereocenters. The molecule has 6 nitrogen and oxygen atoms in total. The zero-order valence-electron chi connectivity index (χ0n) is 14.7. The van der Waals surface area contributed by atoms with Gasteiger partial charge in [-0.1, -0.05) is 44.2 Å². The molecule has 0 bridgehead atoms. The van der Waals surface area contributed by atoms with Gasteiger partial charge in [-0.05, 0) is 19.8 Å². The summed E-state index contributed by atoms with van der Waals surface area (Å²) in [5.41, 5.74) is 0.601. The van der Waals surface area contributed by atoms with E-state index in [9.17, 15) is 4.79 Å². The van der Waals surface area contributed by atoms with Gasteiger partial charge in [0.15, 0.2) is 0 Å². The summed E-state index contributed by atoms with van der Waals surface area (Å²) in [5.74, 6) is 0.185. The lowest BCUT2D eigenvalue weighted by Crippen LogP contribution is -2.40. The van der Waals surface area contributed by atoms with Crippen molar-refractivity contribution in [2.45, 2.75) is 71.4 Å². The topological polar surface area (TPSA) is 69.0 Å². The van der Waals surface area contributed by atoms with Gasteiger partial charge in [0.2, 0.25) is 5.91 Å². The molecule has 0 aliphatic heterocycles. The average molecular weight is 322 g/mol. The van der Waals surface area contributed by atoms with Crippen molar-refractivity contribution in [2.24, 2.45) is 5.41 Å². The summed E-state index contributed by atoms with van der Waals surface area (Å²) >= 11 is 0. The highest BCUT2D eigenvalue weighted by molar-refractivity contribution is 5.82. The van der Waals surface area contributed by atoms with E-state index in [1.165, 1.54) is 19.3 Å². The van der Waals surface area contributed by atoms with Crippen LogP contribution in [0.1, 0.15) is 70.6 Å². The first-order valence-corrected chi connectivity index (χ1v) is 8.76. The first-order valence-electron chi connectivity index (χ1n) is 8.76. The van der Waals surface area contributed by atoms with E-state index in [2.05, 4.69) is 22.6 Å². The number of nitrogens with zero attached hydrogens (tertiary/aromatic N) is 3. The van der Waals surface area contributed by atoms with Crippen LogP contribution in [0.3, 0.4) is 0 Å². The lowest BCUT2D eigenvalue weighted by atomic mass is 9.77. The Labute approximate surface area is 139 Å². The molecule has 0 radical (unpaired) electrons. The Morgan fingerprint density at radius 2 is 2.00 bits per heavy atom. The van der Waals surface area contributed by atoms with Gasteiger partial charge in [0.05, 0.1) is 18.8 Å². The molecular formula is C17H30N4O2. The number of carbonyl (C=O) groups is 1. The molecule has 1 aromatic heterocycles. The van der Waals surface area contributed by atoms with Crippen LogP contribution in [0.15, 0.2) is 6.20 Å². The number of hydrogen-bond acceptors (Lipinski definition) is 4. The van der Waals surface area contributed by atoms with E-state index in [1.807, 2.05) is 13.1 Å². The molecule has 0 saturated heterocycles. The Bertz CT molecular complexity index is 493. The van der Waals surface area contributed by atoms with Gasteiger partial charge in [-0.3, -0.25) is 9.48 Å². The average Bonchev–Trinajstić information content (AvgIpc) is 2.99. The molecule has 1 amide bonds. The largest absolute Gasteiger partial charge is 0.375 e. The molecule has 1 atom stereocenters. The van der Waals surface area contributed by atoms with Crippen molar-refractivity contribution in [3.05, 3.63) is 11.9 Å². The lowest BCUT2D eigenvalue weighted by molar-refractivity contribution is -0.131. The van der Waals surface area contributed by atoms with Gasteiger partial charge in [-0.15, -0.1) is 5.10 Å². The molecule has 23 heavy (non-hydrogen) atoms. The van der Waals surface area contributed by atoms with E-state index < -0.39 is 0 Å². The van der Waals surface area contributed by atoms with Crippen molar-refractivity contribution in [1.29, 1.82) is 0 Å². The fourth-order valence-electron chi connectivity index (χ4n) is 3.14. The highest BCUT2D eigenvalue weighted by Gasteiger charge is 2.32. The third-order valence-electron chi connectivity index (χ3n) is 4.96. The van der Waals surface area contributed by atoms with Crippen LogP contribution in [-0.2, 0) is 16.1 Å². The summed E-state index contributed by atoms with van der Waals surface area (Å²) < 4.78 is 6.98. The van der Waals surface area contributed by atoms with Crippen molar-refractivity contribution in [3.63, 3.8) is 0 Å². The van der Waals surface area contributed by atoms with Crippen molar-refractivity contribution >= 4 is 5.91 Å². The van der Waals surface area contributed by atoms with Gasteiger partial charge in [0.25, 0.3) is 0 Å². The van der Waals surface area contributed by atoms with E-state index in [0.29, 0.717) is 13.1 Å². The first kappa shape index (κ1) is 17.9. The molecule has 2 rings (SSSR count). The number of nitrogens with one attached hydrogen (secondary N) is 1. The van der Waals surface area contributed by atoms with Crippen molar-refractivity contribution in [3.8, 4) is 0 Å². The fourth-order valence-corrected chi connectivity index (χ4v) is 3.14. The highest BCUT2D eigenvalue weighted by atomic mass is 16.5. The van der Waals surface area contributed by atoms with Gasteiger partial charge in [-0.25, -0.2) is 0 Å². The Morgan fingerprint density at radius 1 is 1.35 bits per heavy atom. The normalized spacial score (nSPS) is 19.6. The predicted octanol–water partition coefficient (Wildman–Crippen LogP) is 2.85. The van der Waals surface area contributed by atoms with Gasteiger partial charge in [0.1, 0.15) is 5.69 Å². The van der Waals surface area contributed by atoms with Crippen LogP contribution in [0.25, 0.3) is 0 Å². The second-order valence-corrected chi connectivity index (χ2v) is 6.87. The second-order valence-electron chi connectivity index (χ2n) is 6.87. The van der Waals surface area contributed by atoms with Crippen LogP contribution in [0.5, 0.6) is 0 Å². The Hall–Kier alpha value is -1.43. The number of methoxy groups -OCH3 is 1. The third-order valence-corrected chi connectivity index (χ3v) is 4.96. The summed E-state index contributed by atoms with van der Waals surface area (Å²) in [6.07, 6.45) is 9.94. The van der Waals surface area contributed by atoms with Crippen LogP contribution in [-0.4, -0.2) is 34.6 Å². The van der Waals surface area contributed by atoms with Gasteiger partial charge < -0.3 is 10.1 Å². The quantitative estimate of drug-likeness (QED) is 0.874. The number of rotatable bonds is 6. The van der Waals surface area contributed by atoms with E-state index in [4.69, 9.17) is 4.74 Å². The van der Waals surface area contributed by atoms with Gasteiger partial charge >= 0.3 is 0 Å². The van der Waals surface area contributed by atoms with E-state index in [0.717, 1.165) is 31.4 Å². The number of aromatic nitrogens is 3. The van der Waals surface area contributed by atoms with E-state index in [1.54, 1.807) is 11.8 Å². The summed E-state index contributed by atoms with van der Waals surface area (Å²) in [4.78, 5) is 12.6. The molecule has 0 aromatic carbocycles. The molecule has 1 saturated carbocycles. The number of hydrogen-bond donors (Lipinski definition) is 1. The number of ether oxygens (including phenoxy) is 1. The summed E-state index contributed by atoms with van der Waals surface area (Å²) in [5, 5.41) is 11.2. The first-order chi connectivity index (χ1) is 11.0. The Kier molecular flexibility index (Phi) is 6.57. The zero-order valence-corrected chi connectivity index (χ0v) is 14.7. The highest BCUT2D eigenvalue weighted by Crippen LogP contribution is 2.33. The standard InChI is InChI=1S/C17H30N4O2/c1-14(23-3)15-13-21(20-19-15)12-11-18-16(22)17(2)9-7-5-4-6-8-10-17/h13-14H,4-12H2,1-3H3,(H,18,22). The Balaban J connectivity index is 1.80. The minimum absolute atomic E-state index is 0.0628. The molecule has 1 aliphatic rings. The molecule has 1 aromatic rings. The summed E-state index contributed by atoms with van der Waals surface area (Å²) in [6.45, 7) is 5.26. The van der Waals surface area contributed by atoms with Crippen molar-refractivity contribution in [1.82, 2.24) is 20.3 Å². The number of amides is 1. The molecule has 1 N–H and O–H groups in total. The minimum Gasteiger partial charge on any atom is -0.375 e. The molecule has 1 heterocycles. The monoisotopic (exact) mass is 322 g/mol. The Morgan fingerprint density at radius 3 is 2.65 bits per heavy atom. The van der Waals surface area contributed by atoms with Crippen LogP contribution in [0.4, 0.5) is 0 Å². The maximum Gasteiger partial charge on any atom is 0.225 e. The number of carbonyl (C=O) groups excluding carboxylic acids is 1. The summed E-state index contributed by atoms with van der Waals surface area (Å²) in [7, 11) is 1.65. The SMILES string of the molecule is COC(C)c1cn(CCNC(=O)C2(C)CCCCCCC2)nn1. The van der Waals surface area contributed by atoms with Crippen LogP contribution < -0.4 is 5.32 Å². The van der Waals surface area contributed by atoms with Crippen molar-refractivity contribution < 1.29 is 9.53 Å². The van der Waals surface area contributed by atoms with E-state index in [-0.39, 0.29) is 17.4 Å². The fraction of sp³-hybridized carbons (Fsp3) is 0.824. The molecule has 1 fully saturated rings. The molecule has 6 heteroatoms. The zero-order chi connectivity index (χ0) is 16.7. The second kappa shape index (κ2) is 8.43. The van der Waals surface area contributed by atoms with Crippen LogP contribution in [0, 0.1) is 5.41 Å². The maximum atomic E-state index is 12.6. The van der Waals surface area contributed by atoms with Gasteiger partial charge in [0, 0.05) is 19.1 Å². The lowest BCUT2D eigenvalue weighted by Gasteiger charge is -2.30. The predicted molar refractivity (Wildman–Crippen MR) is 88.9 cm³/mol. The third kappa shape index (κ3) is 5.03. The molecule has 130 valence electrons. The molecule has 1 aliphatic carbocycles. The minimum atomic E-state index is -0.210.